The van der Waals surface area contributed by atoms with Crippen LogP contribution in [0, 0.1) is 6.92 Å². The Morgan fingerprint density at radius 3 is 2.68 bits per heavy atom. The van der Waals surface area contributed by atoms with Crippen LogP contribution >= 0.6 is 0 Å². The first kappa shape index (κ1) is 17.9. The van der Waals surface area contributed by atoms with Crippen molar-refractivity contribution in [2.75, 3.05) is 6.54 Å². The second kappa shape index (κ2) is 7.64. The Hall–Kier alpha value is -3.48. The van der Waals surface area contributed by atoms with Gasteiger partial charge in [0.15, 0.2) is 0 Å². The van der Waals surface area contributed by atoms with Gasteiger partial charge in [0.1, 0.15) is 12.4 Å². The molecule has 0 radical (unpaired) electrons. The van der Waals surface area contributed by atoms with Gasteiger partial charge >= 0.3 is 0 Å². The van der Waals surface area contributed by atoms with Crippen molar-refractivity contribution in [3.05, 3.63) is 70.8 Å². The summed E-state index contributed by atoms with van der Waals surface area (Å²) in [5.41, 5.74) is 2.61. The zero-order valence-corrected chi connectivity index (χ0v) is 15.6. The van der Waals surface area contributed by atoms with Gasteiger partial charge in [0.25, 0.3) is 0 Å². The summed E-state index contributed by atoms with van der Waals surface area (Å²) in [5.74, 6) is 0.838. The van der Waals surface area contributed by atoms with Crippen molar-refractivity contribution in [3.63, 3.8) is 0 Å². The number of carbonyl (C=O) groups is 1. The lowest BCUT2D eigenvalue weighted by atomic mass is 10.2. The highest BCUT2D eigenvalue weighted by molar-refractivity contribution is 5.81. The van der Waals surface area contributed by atoms with Crippen LogP contribution in [0.25, 0.3) is 21.9 Å². The van der Waals surface area contributed by atoms with E-state index in [0.717, 1.165) is 29.8 Å². The van der Waals surface area contributed by atoms with E-state index in [2.05, 4.69) is 26.0 Å². The third-order valence-corrected chi connectivity index (χ3v) is 4.78. The molecule has 0 saturated carbocycles. The lowest BCUT2D eigenvalue weighted by Crippen LogP contribution is -2.30. The van der Waals surface area contributed by atoms with Crippen molar-refractivity contribution >= 4 is 27.8 Å². The maximum Gasteiger partial charge on any atom is 0.241 e. The largest absolute Gasteiger partial charge is 0.354 e. The Morgan fingerprint density at radius 1 is 1.07 bits per heavy atom. The van der Waals surface area contributed by atoms with E-state index in [0.29, 0.717) is 17.4 Å². The molecule has 2 aromatic heterocycles. The predicted molar refractivity (Wildman–Crippen MR) is 108 cm³/mol. The summed E-state index contributed by atoms with van der Waals surface area (Å²) in [6, 6.07) is 15.2. The van der Waals surface area contributed by atoms with Crippen LogP contribution in [-0.4, -0.2) is 31.8 Å². The highest BCUT2D eigenvalue weighted by atomic mass is 16.2. The molecule has 0 aliphatic carbocycles. The minimum Gasteiger partial charge on any atom is -0.354 e. The number of nitrogens with zero attached hydrogens (tertiary/aromatic N) is 4. The number of carbonyl (C=O) groups excluding carboxylic acids is 1. The molecule has 0 aliphatic rings. The summed E-state index contributed by atoms with van der Waals surface area (Å²) >= 11 is 0. The first-order valence-electron chi connectivity index (χ1n) is 9.27. The van der Waals surface area contributed by atoms with Crippen LogP contribution in [0.3, 0.4) is 0 Å². The number of imidazole rings is 1. The van der Waals surface area contributed by atoms with E-state index in [1.165, 1.54) is 6.20 Å². The van der Waals surface area contributed by atoms with Gasteiger partial charge in [-0.25, -0.2) is 4.98 Å². The molecule has 2 heterocycles. The SMILES string of the molecule is Cc1nc2ccccc2n1CCCNC(=O)Cn1ncc(=O)c2ccccc21. The molecule has 7 heteroatoms. The van der Waals surface area contributed by atoms with Crippen LogP contribution in [0.5, 0.6) is 0 Å². The molecule has 1 amide bonds. The summed E-state index contributed by atoms with van der Waals surface area (Å²) in [4.78, 5) is 28.7. The van der Waals surface area contributed by atoms with Gasteiger partial charge in [-0.2, -0.15) is 5.10 Å². The topological polar surface area (TPSA) is 81.8 Å². The molecular weight excluding hydrogens is 354 g/mol. The molecule has 4 rings (SSSR count). The van der Waals surface area contributed by atoms with Crippen molar-refractivity contribution in [1.29, 1.82) is 0 Å². The van der Waals surface area contributed by atoms with Crippen LogP contribution in [0.15, 0.2) is 59.5 Å². The number of nitrogens with one attached hydrogen (secondary N) is 1. The smallest absolute Gasteiger partial charge is 0.241 e. The van der Waals surface area contributed by atoms with Gasteiger partial charge in [0.2, 0.25) is 11.3 Å². The van der Waals surface area contributed by atoms with E-state index in [-0.39, 0.29) is 17.9 Å². The monoisotopic (exact) mass is 375 g/mol. The molecule has 1 N–H and O–H groups in total. The van der Waals surface area contributed by atoms with E-state index in [1.54, 1.807) is 22.9 Å². The first-order valence-corrected chi connectivity index (χ1v) is 9.27. The standard InChI is InChI=1S/C21H21N5O2/c1-15-24-17-8-3-5-10-19(17)25(15)12-6-11-22-21(28)14-26-18-9-4-2-7-16(18)20(27)13-23-26/h2-5,7-10,13H,6,11-12,14H2,1H3,(H,22,28). The second-order valence-corrected chi connectivity index (χ2v) is 6.69. The van der Waals surface area contributed by atoms with Crippen molar-refractivity contribution in [1.82, 2.24) is 24.6 Å². The minimum absolute atomic E-state index is 0.0772. The molecule has 0 fully saturated rings. The fourth-order valence-electron chi connectivity index (χ4n) is 3.42. The average molecular weight is 375 g/mol. The van der Waals surface area contributed by atoms with Crippen LogP contribution in [0.1, 0.15) is 12.2 Å². The minimum atomic E-state index is -0.143. The van der Waals surface area contributed by atoms with E-state index in [4.69, 9.17) is 0 Å². The molecule has 7 nitrogen and oxygen atoms in total. The van der Waals surface area contributed by atoms with Gasteiger partial charge in [-0.3, -0.25) is 14.3 Å². The molecular formula is C21H21N5O2. The van der Waals surface area contributed by atoms with Crippen molar-refractivity contribution in [3.8, 4) is 0 Å². The highest BCUT2D eigenvalue weighted by Crippen LogP contribution is 2.15. The molecule has 0 saturated heterocycles. The van der Waals surface area contributed by atoms with Gasteiger partial charge < -0.3 is 9.88 Å². The molecule has 0 spiro atoms. The van der Waals surface area contributed by atoms with Gasteiger partial charge in [0, 0.05) is 18.5 Å². The van der Waals surface area contributed by atoms with Gasteiger partial charge in [-0.15, -0.1) is 0 Å². The molecule has 4 aromatic rings. The Bertz CT molecular complexity index is 1210. The summed E-state index contributed by atoms with van der Waals surface area (Å²) < 4.78 is 3.72. The van der Waals surface area contributed by atoms with Crippen molar-refractivity contribution < 1.29 is 4.79 Å². The summed E-state index contributed by atoms with van der Waals surface area (Å²) in [6.45, 7) is 3.41. The third kappa shape index (κ3) is 3.51. The number of aryl methyl sites for hydroxylation is 2. The molecule has 142 valence electrons. The van der Waals surface area contributed by atoms with Gasteiger partial charge in [-0.1, -0.05) is 24.3 Å². The van der Waals surface area contributed by atoms with Crippen LogP contribution in [0.2, 0.25) is 0 Å². The Balaban J connectivity index is 1.36. The van der Waals surface area contributed by atoms with E-state index in [9.17, 15) is 9.59 Å². The normalized spacial score (nSPS) is 11.2. The van der Waals surface area contributed by atoms with Gasteiger partial charge in [0.05, 0.1) is 22.7 Å². The number of hydrogen-bond donors (Lipinski definition) is 1. The lowest BCUT2D eigenvalue weighted by molar-refractivity contribution is -0.121. The zero-order chi connectivity index (χ0) is 19.5. The number of hydrogen-bond acceptors (Lipinski definition) is 4. The molecule has 0 unspecified atom stereocenters. The number of rotatable bonds is 6. The lowest BCUT2D eigenvalue weighted by Gasteiger charge is -2.10. The van der Waals surface area contributed by atoms with Crippen molar-refractivity contribution in [2.24, 2.45) is 0 Å². The average Bonchev–Trinajstić information content (AvgIpc) is 3.03. The number of amides is 1. The zero-order valence-electron chi connectivity index (χ0n) is 15.6. The third-order valence-electron chi connectivity index (χ3n) is 4.78. The van der Waals surface area contributed by atoms with Crippen LogP contribution < -0.4 is 10.7 Å². The molecule has 0 atom stereocenters. The number of benzene rings is 2. The summed E-state index contributed by atoms with van der Waals surface area (Å²) in [7, 11) is 0. The number of fused-ring (bicyclic) bond motifs is 2. The summed E-state index contributed by atoms with van der Waals surface area (Å²) in [5, 5.41) is 7.58. The molecule has 28 heavy (non-hydrogen) atoms. The molecule has 2 aromatic carbocycles. The van der Waals surface area contributed by atoms with Crippen molar-refractivity contribution in [2.45, 2.75) is 26.4 Å². The van der Waals surface area contributed by atoms with E-state index < -0.39 is 0 Å². The Kier molecular flexibility index (Phi) is 4.89. The maximum atomic E-state index is 12.3. The fraction of sp³-hybridized carbons (Fsp3) is 0.238. The van der Waals surface area contributed by atoms with Crippen LogP contribution in [-0.2, 0) is 17.9 Å². The highest BCUT2D eigenvalue weighted by Gasteiger charge is 2.09. The quantitative estimate of drug-likeness (QED) is 0.524. The Labute approximate surface area is 161 Å². The first-order chi connectivity index (χ1) is 13.6. The number of aromatic nitrogens is 4. The van der Waals surface area contributed by atoms with E-state index >= 15 is 0 Å². The second-order valence-electron chi connectivity index (χ2n) is 6.69. The molecule has 0 bridgehead atoms. The fourth-order valence-corrected chi connectivity index (χ4v) is 3.42. The van der Waals surface area contributed by atoms with E-state index in [1.807, 2.05) is 31.2 Å². The predicted octanol–water partition coefficient (Wildman–Crippen LogP) is 2.26. The Morgan fingerprint density at radius 2 is 1.82 bits per heavy atom. The molecule has 0 aliphatic heterocycles. The van der Waals surface area contributed by atoms with Crippen LogP contribution in [0.4, 0.5) is 0 Å². The summed E-state index contributed by atoms with van der Waals surface area (Å²) in [6.07, 6.45) is 2.05. The maximum absolute atomic E-state index is 12.3. The van der Waals surface area contributed by atoms with Gasteiger partial charge in [-0.05, 0) is 37.6 Å². The number of para-hydroxylation sites is 3.